The third-order valence-electron chi connectivity index (χ3n) is 7.22. The van der Waals surface area contributed by atoms with Crippen molar-refractivity contribution in [1.82, 2.24) is 0 Å². The molecule has 16 heteroatoms. The molecule has 234 valence electrons. The van der Waals surface area contributed by atoms with Crippen molar-refractivity contribution in [3.63, 3.8) is 0 Å². The summed E-state index contributed by atoms with van der Waals surface area (Å²) in [5, 5.41) is 111. The van der Waals surface area contributed by atoms with Crippen LogP contribution in [0.3, 0.4) is 0 Å². The van der Waals surface area contributed by atoms with E-state index in [-0.39, 0.29) is 39.5 Å². The minimum Gasteiger partial charge on any atom is -0.507 e. The number of fused-ring (bicyclic) bond motifs is 1. The molecular formula is C27H31O16+. The van der Waals surface area contributed by atoms with Crippen LogP contribution in [-0.4, -0.2) is 131 Å². The Bertz CT molecular complexity index is 1450. The molecule has 2 saturated heterocycles. The van der Waals surface area contributed by atoms with E-state index in [1.165, 1.54) is 24.3 Å². The van der Waals surface area contributed by atoms with Gasteiger partial charge in [-0.25, -0.2) is 4.42 Å². The van der Waals surface area contributed by atoms with Gasteiger partial charge in [0, 0.05) is 18.2 Å². The van der Waals surface area contributed by atoms with Gasteiger partial charge in [-0.3, -0.25) is 0 Å². The Morgan fingerprint density at radius 3 is 1.72 bits per heavy atom. The molecule has 0 amide bonds. The molecule has 1 aromatic heterocycles. The second-order valence-corrected chi connectivity index (χ2v) is 10.1. The van der Waals surface area contributed by atoms with Crippen LogP contribution in [0.4, 0.5) is 0 Å². The topological polar surface area (TPSA) is 271 Å². The average molecular weight is 612 g/mol. The van der Waals surface area contributed by atoms with E-state index in [1.807, 2.05) is 0 Å². The number of phenolic OH excluding ortho intramolecular Hbond substituents is 3. The van der Waals surface area contributed by atoms with E-state index in [1.54, 1.807) is 0 Å². The number of phenols is 3. The normalized spacial score (nSPS) is 32.9. The molecule has 2 aliphatic heterocycles. The van der Waals surface area contributed by atoms with Gasteiger partial charge < -0.3 is 75.1 Å². The molecule has 43 heavy (non-hydrogen) atoms. The number of ether oxygens (including phenoxy) is 4. The SMILES string of the molecule is OCC1O[C@@H](Oc2ccc(-c3[o+]c4cc(O)cc(O)c4cc3O[C@@H]3OC(CO)[C@@H](O)C(O)C3O)cc2O)C(O)C(O)[C@@H]1O. The largest absolute Gasteiger partial charge is 0.507 e. The number of hydrogen-bond acceptors (Lipinski definition) is 15. The van der Waals surface area contributed by atoms with Gasteiger partial charge in [0.1, 0.15) is 65.7 Å². The van der Waals surface area contributed by atoms with Gasteiger partial charge in [0.15, 0.2) is 11.5 Å². The zero-order valence-corrected chi connectivity index (χ0v) is 22.1. The van der Waals surface area contributed by atoms with Crippen LogP contribution in [0.15, 0.2) is 40.8 Å². The number of aliphatic hydroxyl groups is 8. The first-order valence-corrected chi connectivity index (χ1v) is 13.0. The van der Waals surface area contributed by atoms with Gasteiger partial charge in [0.05, 0.1) is 24.8 Å². The van der Waals surface area contributed by atoms with E-state index >= 15 is 0 Å². The predicted molar refractivity (Wildman–Crippen MR) is 140 cm³/mol. The van der Waals surface area contributed by atoms with Crippen LogP contribution in [0.25, 0.3) is 22.3 Å². The highest BCUT2D eigenvalue weighted by atomic mass is 16.7. The molecule has 6 unspecified atom stereocenters. The van der Waals surface area contributed by atoms with E-state index < -0.39 is 86.1 Å². The highest BCUT2D eigenvalue weighted by Crippen LogP contribution is 2.42. The third kappa shape index (κ3) is 5.85. The minimum atomic E-state index is -1.79. The smallest absolute Gasteiger partial charge is 0.402 e. The molecule has 3 aromatic rings. The summed E-state index contributed by atoms with van der Waals surface area (Å²) in [5.74, 6) is -1.89. The Kier molecular flexibility index (Phi) is 8.77. The van der Waals surface area contributed by atoms with E-state index in [9.17, 15) is 56.2 Å². The summed E-state index contributed by atoms with van der Waals surface area (Å²) >= 11 is 0. The van der Waals surface area contributed by atoms with E-state index in [4.69, 9.17) is 23.4 Å². The van der Waals surface area contributed by atoms with Crippen molar-refractivity contribution in [3.05, 3.63) is 36.4 Å². The average Bonchev–Trinajstić information content (AvgIpc) is 2.98. The summed E-state index contributed by atoms with van der Waals surface area (Å²) in [4.78, 5) is 0. The van der Waals surface area contributed by atoms with Gasteiger partial charge in [-0.05, 0) is 12.1 Å². The van der Waals surface area contributed by atoms with Gasteiger partial charge in [0.2, 0.25) is 18.3 Å². The Hall–Kier alpha value is -3.55. The standard InChI is InChI=1S/C27H30O16/c28-7-17-19(33)21(35)23(37)26(42-17)40-14-2-1-9(3-13(14)32)25-16(6-11-12(31)4-10(30)5-15(11)39-25)41-27-24(38)22(36)20(34)18(8-29)43-27/h1-6,17-24,26-29,33-38H,7-8H2,(H2-,30,31,32)/p+1/t17?,18?,19-,20-,21?,22?,23?,24?,26-,27-/m1/s1. The van der Waals surface area contributed by atoms with Crippen LogP contribution < -0.4 is 9.47 Å². The maximum Gasteiger partial charge on any atom is 0.402 e. The molecule has 10 atom stereocenters. The molecule has 2 aromatic carbocycles. The van der Waals surface area contributed by atoms with Crippen molar-refractivity contribution in [3.8, 4) is 40.1 Å². The fourth-order valence-corrected chi connectivity index (χ4v) is 4.81. The van der Waals surface area contributed by atoms with Gasteiger partial charge in [-0.1, -0.05) is 0 Å². The Morgan fingerprint density at radius 1 is 0.628 bits per heavy atom. The zero-order chi connectivity index (χ0) is 31.2. The fraction of sp³-hybridized carbons (Fsp3) is 0.444. The molecule has 11 N–H and O–H groups in total. The first kappa shape index (κ1) is 30.9. The summed E-state index contributed by atoms with van der Waals surface area (Å²) in [5.41, 5.74) is 0.0674. The van der Waals surface area contributed by atoms with Crippen molar-refractivity contribution in [2.24, 2.45) is 0 Å². The van der Waals surface area contributed by atoms with Crippen molar-refractivity contribution in [1.29, 1.82) is 0 Å². The molecule has 2 fully saturated rings. The molecule has 3 heterocycles. The maximum absolute atomic E-state index is 10.8. The highest BCUT2D eigenvalue weighted by molar-refractivity contribution is 5.88. The fourth-order valence-electron chi connectivity index (χ4n) is 4.81. The summed E-state index contributed by atoms with van der Waals surface area (Å²) in [6.45, 7) is -1.41. The number of rotatable bonds is 7. The molecular weight excluding hydrogens is 580 g/mol. The van der Waals surface area contributed by atoms with Crippen molar-refractivity contribution < 1.29 is 79.5 Å². The quantitative estimate of drug-likeness (QED) is 0.127. The molecule has 0 saturated carbocycles. The van der Waals surface area contributed by atoms with Crippen LogP contribution in [0.5, 0.6) is 28.7 Å². The first-order chi connectivity index (χ1) is 20.4. The Balaban J connectivity index is 1.51. The molecule has 0 radical (unpaired) electrons. The number of aliphatic hydroxyl groups excluding tert-OH is 8. The molecule has 0 spiro atoms. The number of benzene rings is 2. The number of hydrogen-bond donors (Lipinski definition) is 11. The molecule has 2 aliphatic rings. The van der Waals surface area contributed by atoms with Crippen molar-refractivity contribution >= 4 is 11.0 Å². The van der Waals surface area contributed by atoms with Crippen LogP contribution in [0.1, 0.15) is 0 Å². The first-order valence-electron chi connectivity index (χ1n) is 13.0. The summed E-state index contributed by atoms with van der Waals surface area (Å²) < 4.78 is 27.9. The van der Waals surface area contributed by atoms with Gasteiger partial charge in [0.25, 0.3) is 0 Å². The molecule has 16 nitrogen and oxygen atoms in total. The lowest BCUT2D eigenvalue weighted by Gasteiger charge is -2.39. The molecule has 5 rings (SSSR count). The van der Waals surface area contributed by atoms with Crippen LogP contribution in [-0.2, 0) is 9.47 Å². The molecule has 0 bridgehead atoms. The lowest BCUT2D eigenvalue weighted by molar-refractivity contribution is -0.277. The third-order valence-corrected chi connectivity index (χ3v) is 7.22. The van der Waals surface area contributed by atoms with Crippen LogP contribution in [0, 0.1) is 0 Å². The summed E-state index contributed by atoms with van der Waals surface area (Å²) in [7, 11) is 0. The number of aromatic hydroxyl groups is 3. The van der Waals surface area contributed by atoms with Gasteiger partial charge in [-0.2, -0.15) is 0 Å². The van der Waals surface area contributed by atoms with E-state index in [0.717, 1.165) is 12.1 Å². The lowest BCUT2D eigenvalue weighted by Crippen LogP contribution is -2.60. The summed E-state index contributed by atoms with van der Waals surface area (Å²) in [6, 6.07) is 7.20. The lowest BCUT2D eigenvalue weighted by atomic mass is 9.99. The van der Waals surface area contributed by atoms with Crippen LogP contribution in [0.2, 0.25) is 0 Å². The second-order valence-electron chi connectivity index (χ2n) is 10.1. The molecule has 0 aliphatic carbocycles. The Morgan fingerprint density at radius 2 is 1.19 bits per heavy atom. The predicted octanol–water partition coefficient (Wildman–Crippen LogP) is -2.14. The van der Waals surface area contributed by atoms with Crippen LogP contribution >= 0.6 is 0 Å². The Labute approximate surface area is 242 Å². The monoisotopic (exact) mass is 611 g/mol. The highest BCUT2D eigenvalue weighted by Gasteiger charge is 2.46. The van der Waals surface area contributed by atoms with Gasteiger partial charge >= 0.3 is 11.3 Å². The van der Waals surface area contributed by atoms with Crippen molar-refractivity contribution in [2.45, 2.75) is 61.4 Å². The maximum atomic E-state index is 10.8. The summed E-state index contributed by atoms with van der Waals surface area (Å²) in [6.07, 6.45) is -16.1. The van der Waals surface area contributed by atoms with E-state index in [2.05, 4.69) is 0 Å². The van der Waals surface area contributed by atoms with Crippen molar-refractivity contribution in [2.75, 3.05) is 13.2 Å². The van der Waals surface area contributed by atoms with E-state index in [0.29, 0.717) is 0 Å². The zero-order valence-electron chi connectivity index (χ0n) is 22.1. The minimum absolute atomic E-state index is 0.0326. The second kappa shape index (κ2) is 12.2. The van der Waals surface area contributed by atoms with Gasteiger partial charge in [-0.15, -0.1) is 0 Å².